The number of benzene rings is 1. The summed E-state index contributed by atoms with van der Waals surface area (Å²) in [4.78, 5) is 9.58. The van der Waals surface area contributed by atoms with Crippen molar-refractivity contribution in [3.05, 3.63) is 47.1 Å². The molecule has 0 aliphatic carbocycles. The van der Waals surface area contributed by atoms with E-state index in [4.69, 9.17) is 4.74 Å². The van der Waals surface area contributed by atoms with Gasteiger partial charge in [0.2, 0.25) is 0 Å². The molecule has 0 radical (unpaired) electrons. The van der Waals surface area contributed by atoms with Crippen LogP contribution in [0.15, 0.2) is 36.0 Å². The molecule has 0 spiro atoms. The van der Waals surface area contributed by atoms with Crippen molar-refractivity contribution in [2.75, 3.05) is 18.5 Å². The minimum Gasteiger partial charge on any atom is -0.491 e. The third kappa shape index (κ3) is 4.69. The summed E-state index contributed by atoms with van der Waals surface area (Å²) in [5, 5.41) is 6.44. The number of nitrogens with zero attached hydrogens (tertiary/aromatic N) is 2. The van der Waals surface area contributed by atoms with Gasteiger partial charge in [0.15, 0.2) is 0 Å². The SMILES string of the molecule is CCCCCc1ccc(OCCNc2ncnc3sccc23)c(C)c1. The first-order chi connectivity index (χ1) is 12.3. The molecule has 1 N–H and O–H groups in total. The minimum absolute atomic E-state index is 0.603. The number of hydrogen-bond acceptors (Lipinski definition) is 5. The van der Waals surface area contributed by atoms with Crippen LogP contribution in [0.4, 0.5) is 5.82 Å². The first kappa shape index (κ1) is 17.7. The highest BCUT2D eigenvalue weighted by atomic mass is 32.1. The lowest BCUT2D eigenvalue weighted by atomic mass is 10.0. The quantitative estimate of drug-likeness (QED) is 0.534. The van der Waals surface area contributed by atoms with E-state index in [0.29, 0.717) is 13.2 Å². The van der Waals surface area contributed by atoms with Crippen molar-refractivity contribution < 1.29 is 4.74 Å². The Kier molecular flexibility index (Phi) is 6.23. The second-order valence-electron chi connectivity index (χ2n) is 6.19. The van der Waals surface area contributed by atoms with Gasteiger partial charge in [-0.1, -0.05) is 31.9 Å². The van der Waals surface area contributed by atoms with E-state index in [1.165, 1.54) is 30.4 Å². The molecule has 3 aromatic rings. The fourth-order valence-electron chi connectivity index (χ4n) is 2.87. The Morgan fingerprint density at radius 1 is 1.16 bits per heavy atom. The molecule has 2 aromatic heterocycles. The summed E-state index contributed by atoms with van der Waals surface area (Å²) in [5.74, 6) is 1.84. The second-order valence-corrected chi connectivity index (χ2v) is 7.09. The van der Waals surface area contributed by atoms with Crippen LogP contribution in [0.3, 0.4) is 0 Å². The summed E-state index contributed by atoms with van der Waals surface area (Å²) in [6.45, 7) is 5.66. The van der Waals surface area contributed by atoms with Gasteiger partial charge in [0.25, 0.3) is 0 Å². The van der Waals surface area contributed by atoms with Crippen LogP contribution in [0.25, 0.3) is 10.2 Å². The smallest absolute Gasteiger partial charge is 0.138 e. The van der Waals surface area contributed by atoms with Gasteiger partial charge in [-0.2, -0.15) is 0 Å². The predicted molar refractivity (Wildman–Crippen MR) is 106 cm³/mol. The number of anilines is 1. The Morgan fingerprint density at radius 3 is 2.92 bits per heavy atom. The van der Waals surface area contributed by atoms with E-state index in [2.05, 4.69) is 47.3 Å². The van der Waals surface area contributed by atoms with Crippen LogP contribution in [0.1, 0.15) is 37.3 Å². The normalized spacial score (nSPS) is 11.0. The van der Waals surface area contributed by atoms with E-state index in [9.17, 15) is 0 Å². The van der Waals surface area contributed by atoms with Crippen LogP contribution >= 0.6 is 11.3 Å². The molecule has 2 heterocycles. The average Bonchev–Trinajstić information content (AvgIpc) is 3.10. The zero-order valence-electron chi connectivity index (χ0n) is 14.9. The van der Waals surface area contributed by atoms with Crippen molar-refractivity contribution in [1.29, 1.82) is 0 Å². The molecule has 0 saturated carbocycles. The van der Waals surface area contributed by atoms with Crippen molar-refractivity contribution in [2.24, 2.45) is 0 Å². The van der Waals surface area contributed by atoms with Gasteiger partial charge in [0.1, 0.15) is 29.3 Å². The van der Waals surface area contributed by atoms with Gasteiger partial charge >= 0.3 is 0 Å². The fraction of sp³-hybridized carbons (Fsp3) is 0.400. The van der Waals surface area contributed by atoms with Crippen LogP contribution in [0, 0.1) is 6.92 Å². The highest BCUT2D eigenvalue weighted by Gasteiger charge is 2.05. The summed E-state index contributed by atoms with van der Waals surface area (Å²) >= 11 is 1.63. The molecule has 3 rings (SSSR count). The summed E-state index contributed by atoms with van der Waals surface area (Å²) < 4.78 is 5.93. The number of nitrogens with one attached hydrogen (secondary N) is 1. The Morgan fingerprint density at radius 2 is 2.08 bits per heavy atom. The lowest BCUT2D eigenvalue weighted by molar-refractivity contribution is 0.330. The summed E-state index contributed by atoms with van der Waals surface area (Å²) in [7, 11) is 0. The summed E-state index contributed by atoms with van der Waals surface area (Å²) in [6, 6.07) is 8.57. The molecule has 0 amide bonds. The molecule has 4 nitrogen and oxygen atoms in total. The molecule has 0 saturated heterocycles. The van der Waals surface area contributed by atoms with Gasteiger partial charge in [0, 0.05) is 0 Å². The van der Waals surface area contributed by atoms with Crippen LogP contribution in [-0.2, 0) is 6.42 Å². The lowest BCUT2D eigenvalue weighted by Crippen LogP contribution is -2.13. The number of fused-ring (bicyclic) bond motifs is 1. The molecule has 1 aromatic carbocycles. The minimum atomic E-state index is 0.603. The highest BCUT2D eigenvalue weighted by molar-refractivity contribution is 7.16. The van der Waals surface area contributed by atoms with Crippen molar-refractivity contribution in [3.63, 3.8) is 0 Å². The van der Waals surface area contributed by atoms with E-state index < -0.39 is 0 Å². The van der Waals surface area contributed by atoms with Crippen LogP contribution < -0.4 is 10.1 Å². The molecule has 5 heteroatoms. The molecule has 0 fully saturated rings. The molecule has 0 atom stereocenters. The molecular formula is C20H25N3OS. The van der Waals surface area contributed by atoms with E-state index in [1.807, 2.05) is 11.4 Å². The summed E-state index contributed by atoms with van der Waals surface area (Å²) in [6.07, 6.45) is 6.57. The molecule has 0 aliphatic rings. The Hall–Kier alpha value is -2.14. The van der Waals surface area contributed by atoms with E-state index in [-0.39, 0.29) is 0 Å². The number of thiophene rings is 1. The molecule has 25 heavy (non-hydrogen) atoms. The maximum absolute atomic E-state index is 5.93. The van der Waals surface area contributed by atoms with Crippen molar-refractivity contribution in [2.45, 2.75) is 39.5 Å². The van der Waals surface area contributed by atoms with Crippen molar-refractivity contribution in [1.82, 2.24) is 9.97 Å². The molecular weight excluding hydrogens is 330 g/mol. The zero-order chi connectivity index (χ0) is 17.5. The Bertz CT molecular complexity index is 816. The van der Waals surface area contributed by atoms with E-state index >= 15 is 0 Å². The highest BCUT2D eigenvalue weighted by Crippen LogP contribution is 2.24. The van der Waals surface area contributed by atoms with E-state index in [1.54, 1.807) is 17.7 Å². The number of aryl methyl sites for hydroxylation is 2. The lowest BCUT2D eigenvalue weighted by Gasteiger charge is -2.12. The van der Waals surface area contributed by atoms with Gasteiger partial charge in [-0.15, -0.1) is 11.3 Å². The number of hydrogen-bond donors (Lipinski definition) is 1. The summed E-state index contributed by atoms with van der Waals surface area (Å²) in [5.41, 5.74) is 2.61. The maximum atomic E-state index is 5.93. The maximum Gasteiger partial charge on any atom is 0.138 e. The van der Waals surface area contributed by atoms with Gasteiger partial charge < -0.3 is 10.1 Å². The molecule has 0 unspecified atom stereocenters. The van der Waals surface area contributed by atoms with Crippen LogP contribution in [0.5, 0.6) is 5.75 Å². The first-order valence-corrected chi connectivity index (χ1v) is 9.80. The Labute approximate surface area is 153 Å². The standard InChI is InChI=1S/C20H25N3OS/c1-3-4-5-6-16-7-8-18(15(2)13-16)24-11-10-21-19-17-9-12-25-20(17)23-14-22-19/h7-9,12-14H,3-6,10-11H2,1-2H3,(H,21,22,23). The van der Waals surface area contributed by atoms with Crippen molar-refractivity contribution in [3.8, 4) is 5.75 Å². The zero-order valence-corrected chi connectivity index (χ0v) is 15.7. The van der Waals surface area contributed by atoms with Gasteiger partial charge in [-0.05, 0) is 48.4 Å². The average molecular weight is 356 g/mol. The topological polar surface area (TPSA) is 47.0 Å². The van der Waals surface area contributed by atoms with Gasteiger partial charge in [-0.3, -0.25) is 0 Å². The number of aromatic nitrogens is 2. The van der Waals surface area contributed by atoms with Gasteiger partial charge in [0.05, 0.1) is 11.9 Å². The van der Waals surface area contributed by atoms with Crippen LogP contribution in [-0.4, -0.2) is 23.1 Å². The predicted octanol–water partition coefficient (Wildman–Crippen LogP) is 5.22. The van der Waals surface area contributed by atoms with Crippen LogP contribution in [0.2, 0.25) is 0 Å². The molecule has 132 valence electrons. The Balaban J connectivity index is 1.49. The van der Waals surface area contributed by atoms with Gasteiger partial charge in [-0.25, -0.2) is 9.97 Å². The largest absolute Gasteiger partial charge is 0.491 e. The van der Waals surface area contributed by atoms with E-state index in [0.717, 1.165) is 28.2 Å². The molecule has 0 bridgehead atoms. The third-order valence-corrected chi connectivity index (χ3v) is 5.04. The number of ether oxygens (including phenoxy) is 1. The molecule has 0 aliphatic heterocycles. The number of unbranched alkanes of at least 4 members (excludes halogenated alkanes) is 2. The second kappa shape index (κ2) is 8.81. The first-order valence-electron chi connectivity index (χ1n) is 8.92. The monoisotopic (exact) mass is 355 g/mol. The number of rotatable bonds is 9. The fourth-order valence-corrected chi connectivity index (χ4v) is 3.60. The van der Waals surface area contributed by atoms with Crippen molar-refractivity contribution >= 4 is 27.4 Å². The third-order valence-electron chi connectivity index (χ3n) is 4.22.